The van der Waals surface area contributed by atoms with Crippen molar-refractivity contribution in [3.8, 4) is 11.8 Å². The second kappa shape index (κ2) is 7.99. The molecule has 1 aliphatic rings. The van der Waals surface area contributed by atoms with Crippen LogP contribution in [0.2, 0.25) is 0 Å². The third-order valence-electron chi connectivity index (χ3n) is 3.78. The number of para-hydroxylation sites is 1. The molecule has 2 unspecified atom stereocenters. The van der Waals surface area contributed by atoms with Gasteiger partial charge in [0.15, 0.2) is 0 Å². The maximum absolute atomic E-state index is 8.99. The quantitative estimate of drug-likeness (QED) is 0.715. The predicted octanol–water partition coefficient (Wildman–Crippen LogP) is 1.67. The normalized spacial score (nSPS) is 22.1. The van der Waals surface area contributed by atoms with Gasteiger partial charge in [0.25, 0.3) is 0 Å². The molecular formula is C16H22N2O3. The van der Waals surface area contributed by atoms with E-state index in [2.05, 4.69) is 11.0 Å². The lowest BCUT2D eigenvalue weighted by atomic mass is 10.2. The number of hydrogen-bond donors (Lipinski definition) is 0. The smallest absolute Gasteiger partial charge is 0.137 e. The van der Waals surface area contributed by atoms with Crippen LogP contribution in [0.3, 0.4) is 0 Å². The lowest BCUT2D eigenvalue weighted by Gasteiger charge is -2.15. The van der Waals surface area contributed by atoms with E-state index in [9.17, 15) is 0 Å². The molecule has 5 heteroatoms. The molecule has 0 N–H and O–H groups in total. The predicted molar refractivity (Wildman–Crippen MR) is 79.3 cm³/mol. The van der Waals surface area contributed by atoms with Crippen LogP contribution < -0.4 is 4.74 Å². The number of ether oxygens (including phenoxy) is 3. The lowest BCUT2D eigenvalue weighted by molar-refractivity contribution is -0.00461. The number of methoxy groups -OCH3 is 2. The van der Waals surface area contributed by atoms with Gasteiger partial charge in [-0.15, -0.1) is 0 Å². The summed E-state index contributed by atoms with van der Waals surface area (Å²) in [6.45, 7) is 3.33. The highest BCUT2D eigenvalue weighted by Gasteiger charge is 2.32. The second-order valence-electron chi connectivity index (χ2n) is 5.12. The number of nitrogens with zero attached hydrogens (tertiary/aromatic N) is 2. The Hall–Kier alpha value is -1.61. The number of nitriles is 1. The number of hydrogen-bond acceptors (Lipinski definition) is 5. The lowest BCUT2D eigenvalue weighted by Crippen LogP contribution is -2.27. The summed E-state index contributed by atoms with van der Waals surface area (Å²) in [4.78, 5) is 2.32. The highest BCUT2D eigenvalue weighted by molar-refractivity contribution is 5.42. The summed E-state index contributed by atoms with van der Waals surface area (Å²) < 4.78 is 16.5. The topological polar surface area (TPSA) is 54.7 Å². The molecule has 1 heterocycles. The van der Waals surface area contributed by atoms with Gasteiger partial charge in [0.05, 0.1) is 24.4 Å². The number of rotatable bonds is 7. The first-order valence-electron chi connectivity index (χ1n) is 7.18. The molecule has 1 aromatic rings. The van der Waals surface area contributed by atoms with Crippen LogP contribution in [-0.4, -0.2) is 57.6 Å². The summed E-state index contributed by atoms with van der Waals surface area (Å²) >= 11 is 0. The molecule has 2 rings (SSSR count). The van der Waals surface area contributed by atoms with Gasteiger partial charge in [-0.25, -0.2) is 0 Å². The van der Waals surface area contributed by atoms with Crippen molar-refractivity contribution in [1.29, 1.82) is 5.26 Å². The molecule has 1 aliphatic heterocycles. The first-order chi connectivity index (χ1) is 10.3. The first kappa shape index (κ1) is 15.8. The van der Waals surface area contributed by atoms with Crippen molar-refractivity contribution in [3.05, 3.63) is 29.8 Å². The summed E-state index contributed by atoms with van der Waals surface area (Å²) in [7, 11) is 3.45. The van der Waals surface area contributed by atoms with Crippen molar-refractivity contribution in [1.82, 2.24) is 4.90 Å². The maximum atomic E-state index is 8.99. The van der Waals surface area contributed by atoms with Gasteiger partial charge in [0, 0.05) is 33.9 Å². The van der Waals surface area contributed by atoms with Crippen LogP contribution in [0.4, 0.5) is 0 Å². The van der Waals surface area contributed by atoms with Gasteiger partial charge in [-0.3, -0.25) is 4.90 Å². The fourth-order valence-electron chi connectivity index (χ4n) is 2.61. The summed E-state index contributed by atoms with van der Waals surface area (Å²) in [6.07, 6.45) is 1.21. The van der Waals surface area contributed by atoms with Crippen LogP contribution in [0, 0.1) is 11.3 Å². The fourth-order valence-corrected chi connectivity index (χ4v) is 2.61. The van der Waals surface area contributed by atoms with Crippen LogP contribution >= 0.6 is 0 Å². The standard InChI is InChI=1S/C16H22N2O3/c1-19-15-11-18(12-16(15)20-2)8-5-9-21-14-7-4-3-6-13(14)10-17/h3-4,6-7,15-16H,5,8-9,11-12H2,1-2H3. The zero-order chi connectivity index (χ0) is 15.1. The van der Waals surface area contributed by atoms with E-state index >= 15 is 0 Å². The molecule has 1 saturated heterocycles. The van der Waals surface area contributed by atoms with Gasteiger partial charge < -0.3 is 14.2 Å². The third-order valence-corrected chi connectivity index (χ3v) is 3.78. The Morgan fingerprint density at radius 1 is 1.19 bits per heavy atom. The summed E-state index contributed by atoms with van der Waals surface area (Å²) in [5.74, 6) is 0.658. The second-order valence-corrected chi connectivity index (χ2v) is 5.12. The van der Waals surface area contributed by atoms with E-state index in [-0.39, 0.29) is 12.2 Å². The molecule has 0 aliphatic carbocycles. The zero-order valence-electron chi connectivity index (χ0n) is 12.6. The molecule has 2 atom stereocenters. The first-order valence-corrected chi connectivity index (χ1v) is 7.18. The van der Waals surface area contributed by atoms with Gasteiger partial charge in [-0.1, -0.05) is 12.1 Å². The Labute approximate surface area is 126 Å². The van der Waals surface area contributed by atoms with Crippen molar-refractivity contribution < 1.29 is 14.2 Å². The third kappa shape index (κ3) is 4.18. The van der Waals surface area contributed by atoms with Crippen LogP contribution in [-0.2, 0) is 9.47 Å². The summed E-state index contributed by atoms with van der Waals surface area (Å²) in [6, 6.07) is 9.45. The monoisotopic (exact) mass is 290 g/mol. The zero-order valence-corrected chi connectivity index (χ0v) is 12.6. The molecule has 114 valence electrons. The van der Waals surface area contributed by atoms with Gasteiger partial charge in [-0.05, 0) is 18.6 Å². The van der Waals surface area contributed by atoms with Crippen LogP contribution in [0.25, 0.3) is 0 Å². The molecule has 21 heavy (non-hydrogen) atoms. The largest absolute Gasteiger partial charge is 0.492 e. The molecule has 0 saturated carbocycles. The van der Waals surface area contributed by atoms with E-state index in [4.69, 9.17) is 19.5 Å². The average Bonchev–Trinajstić information content (AvgIpc) is 2.94. The van der Waals surface area contributed by atoms with Crippen LogP contribution in [0.1, 0.15) is 12.0 Å². The Bertz CT molecular complexity index is 475. The Balaban J connectivity index is 1.72. The van der Waals surface area contributed by atoms with Gasteiger partial charge in [0.1, 0.15) is 11.8 Å². The molecule has 5 nitrogen and oxygen atoms in total. The molecule has 1 aromatic carbocycles. The van der Waals surface area contributed by atoms with Crippen molar-refractivity contribution in [2.45, 2.75) is 18.6 Å². The molecule has 1 fully saturated rings. The summed E-state index contributed by atoms with van der Waals surface area (Å²) in [5.41, 5.74) is 0.581. The minimum absolute atomic E-state index is 0.148. The van der Waals surface area contributed by atoms with E-state index in [0.29, 0.717) is 17.9 Å². The summed E-state index contributed by atoms with van der Waals surface area (Å²) in [5, 5.41) is 8.99. The molecule has 0 amide bonds. The van der Waals surface area contributed by atoms with Crippen molar-refractivity contribution in [3.63, 3.8) is 0 Å². The number of likely N-dealkylation sites (tertiary alicyclic amines) is 1. The van der Waals surface area contributed by atoms with Crippen LogP contribution in [0.15, 0.2) is 24.3 Å². The average molecular weight is 290 g/mol. The molecular weight excluding hydrogens is 268 g/mol. The highest BCUT2D eigenvalue weighted by atomic mass is 16.5. The Morgan fingerprint density at radius 2 is 1.86 bits per heavy atom. The molecule has 0 radical (unpaired) electrons. The highest BCUT2D eigenvalue weighted by Crippen LogP contribution is 2.18. The van der Waals surface area contributed by atoms with Gasteiger partial charge in [-0.2, -0.15) is 5.26 Å². The van der Waals surface area contributed by atoms with Crippen LogP contribution in [0.5, 0.6) is 5.75 Å². The van der Waals surface area contributed by atoms with Crippen molar-refractivity contribution in [2.24, 2.45) is 0 Å². The maximum Gasteiger partial charge on any atom is 0.137 e. The SMILES string of the molecule is COC1CN(CCCOc2ccccc2C#N)CC1OC. The fraction of sp³-hybridized carbons (Fsp3) is 0.562. The van der Waals surface area contributed by atoms with E-state index in [1.807, 2.05) is 18.2 Å². The molecule has 0 aromatic heterocycles. The van der Waals surface area contributed by atoms with Gasteiger partial charge in [0.2, 0.25) is 0 Å². The van der Waals surface area contributed by atoms with E-state index < -0.39 is 0 Å². The van der Waals surface area contributed by atoms with Crippen molar-refractivity contribution in [2.75, 3.05) is 40.5 Å². The minimum atomic E-state index is 0.148. The van der Waals surface area contributed by atoms with Gasteiger partial charge >= 0.3 is 0 Å². The molecule has 0 spiro atoms. The Morgan fingerprint density at radius 3 is 2.48 bits per heavy atom. The number of benzene rings is 1. The van der Waals surface area contributed by atoms with Crippen molar-refractivity contribution >= 4 is 0 Å². The van der Waals surface area contributed by atoms with E-state index in [1.165, 1.54) is 0 Å². The molecule has 0 bridgehead atoms. The van der Waals surface area contributed by atoms with E-state index in [1.54, 1.807) is 20.3 Å². The minimum Gasteiger partial charge on any atom is -0.492 e. The van der Waals surface area contributed by atoms with E-state index in [0.717, 1.165) is 26.1 Å². The Kier molecular flexibility index (Phi) is 6.00.